The first-order valence-corrected chi connectivity index (χ1v) is 22.2. The molecule has 4 nitrogen and oxygen atoms in total. The summed E-state index contributed by atoms with van der Waals surface area (Å²) in [4.78, 5) is 19.8. The van der Waals surface area contributed by atoms with E-state index in [4.69, 9.17) is 19.9 Å². The monoisotopic (exact) mass is 842 g/mol. The van der Waals surface area contributed by atoms with E-state index in [0.29, 0.717) is 17.5 Å². The fourth-order valence-electron chi connectivity index (χ4n) is 8.45. The van der Waals surface area contributed by atoms with Gasteiger partial charge in [0.1, 0.15) is 0 Å². The van der Waals surface area contributed by atoms with Crippen molar-refractivity contribution in [1.29, 1.82) is 0 Å². The molecular formula is C62H42N4. The van der Waals surface area contributed by atoms with Gasteiger partial charge in [-0.1, -0.05) is 224 Å². The molecule has 0 spiro atoms. The van der Waals surface area contributed by atoms with Gasteiger partial charge in [0.25, 0.3) is 0 Å². The van der Waals surface area contributed by atoms with Crippen molar-refractivity contribution in [2.45, 2.75) is 0 Å². The third-order valence-electron chi connectivity index (χ3n) is 11.9. The van der Waals surface area contributed by atoms with E-state index in [1.54, 1.807) is 0 Å². The number of hydrogen-bond acceptors (Lipinski definition) is 4. The van der Waals surface area contributed by atoms with Crippen molar-refractivity contribution >= 4 is 0 Å². The Balaban J connectivity index is 0.845. The van der Waals surface area contributed by atoms with Crippen molar-refractivity contribution < 1.29 is 0 Å². The minimum atomic E-state index is 0.640. The van der Waals surface area contributed by atoms with Crippen molar-refractivity contribution in [3.05, 3.63) is 255 Å². The number of nitrogens with zero attached hydrogens (tertiary/aromatic N) is 4. The lowest BCUT2D eigenvalue weighted by Gasteiger charge is -2.12. The highest BCUT2D eigenvalue weighted by Crippen LogP contribution is 2.35. The van der Waals surface area contributed by atoms with E-state index in [1.165, 1.54) is 22.3 Å². The largest absolute Gasteiger partial charge is 0.248 e. The van der Waals surface area contributed by atoms with Gasteiger partial charge in [-0.25, -0.2) is 19.9 Å². The smallest absolute Gasteiger partial charge is 0.164 e. The standard InChI is InChI=1S/C62H42N4/c1-5-16-46(17-6-1)58-41-57(42-59(63-58)47-18-7-2-8-19-47)45-32-30-43(31-33-45)51-24-13-26-53(38-51)55-28-15-29-56(40-55)54-27-14-25-52(39-54)44-34-36-50(37-35-44)62-65-60(48-20-9-3-10-21-48)64-61(66-62)49-22-11-4-12-23-49/h1-42H. The van der Waals surface area contributed by atoms with Crippen molar-refractivity contribution in [2.75, 3.05) is 0 Å². The maximum atomic E-state index is 5.07. The molecule has 0 radical (unpaired) electrons. The minimum Gasteiger partial charge on any atom is -0.248 e. The van der Waals surface area contributed by atoms with Crippen LogP contribution in [-0.4, -0.2) is 19.9 Å². The topological polar surface area (TPSA) is 51.6 Å². The van der Waals surface area contributed by atoms with Crippen LogP contribution in [0, 0.1) is 0 Å². The first-order valence-electron chi connectivity index (χ1n) is 22.2. The quantitative estimate of drug-likeness (QED) is 0.138. The van der Waals surface area contributed by atoms with Crippen molar-refractivity contribution in [2.24, 2.45) is 0 Å². The summed E-state index contributed by atoms with van der Waals surface area (Å²) in [5, 5.41) is 0. The third-order valence-corrected chi connectivity index (χ3v) is 11.9. The predicted octanol–water partition coefficient (Wildman–Crippen LogP) is 15.9. The molecule has 2 aromatic heterocycles. The lowest BCUT2D eigenvalue weighted by Crippen LogP contribution is -2.00. The molecule has 0 fully saturated rings. The Kier molecular flexibility index (Phi) is 10.9. The molecule has 0 saturated heterocycles. The number of aromatic nitrogens is 4. The van der Waals surface area contributed by atoms with E-state index in [0.717, 1.165) is 72.6 Å². The molecule has 0 amide bonds. The first kappa shape index (κ1) is 40.0. The van der Waals surface area contributed by atoms with Crippen LogP contribution in [0.15, 0.2) is 255 Å². The number of pyridine rings is 1. The summed E-state index contributed by atoms with van der Waals surface area (Å²) in [7, 11) is 0. The van der Waals surface area contributed by atoms with Gasteiger partial charge in [0.15, 0.2) is 17.5 Å². The zero-order valence-electron chi connectivity index (χ0n) is 36.0. The van der Waals surface area contributed by atoms with Gasteiger partial charge in [0.2, 0.25) is 0 Å². The van der Waals surface area contributed by atoms with E-state index in [9.17, 15) is 0 Å². The van der Waals surface area contributed by atoms with E-state index >= 15 is 0 Å². The second-order valence-corrected chi connectivity index (χ2v) is 16.3. The normalized spacial score (nSPS) is 11.0. The summed E-state index contributed by atoms with van der Waals surface area (Å²) in [5.74, 6) is 1.94. The number of rotatable bonds is 10. The Bertz CT molecular complexity index is 3080. The first-order chi connectivity index (χ1) is 32.7. The van der Waals surface area contributed by atoms with Gasteiger partial charge in [-0.3, -0.25) is 0 Å². The molecule has 66 heavy (non-hydrogen) atoms. The second kappa shape index (κ2) is 18.1. The molecule has 11 rings (SSSR count). The van der Waals surface area contributed by atoms with Crippen LogP contribution in [0.3, 0.4) is 0 Å². The van der Waals surface area contributed by atoms with Gasteiger partial charge < -0.3 is 0 Å². The molecule has 4 heteroatoms. The zero-order valence-corrected chi connectivity index (χ0v) is 36.0. The maximum absolute atomic E-state index is 5.07. The van der Waals surface area contributed by atoms with Crippen LogP contribution in [0.2, 0.25) is 0 Å². The zero-order chi connectivity index (χ0) is 44.1. The highest BCUT2D eigenvalue weighted by Gasteiger charge is 2.14. The molecule has 310 valence electrons. The Morgan fingerprint density at radius 3 is 0.727 bits per heavy atom. The van der Waals surface area contributed by atoms with E-state index < -0.39 is 0 Å². The molecule has 0 atom stereocenters. The summed E-state index contributed by atoms with van der Waals surface area (Å²) in [6.45, 7) is 0. The number of benzene rings is 9. The Morgan fingerprint density at radius 2 is 0.394 bits per heavy atom. The van der Waals surface area contributed by atoms with Gasteiger partial charge in [-0.2, -0.15) is 0 Å². The highest BCUT2D eigenvalue weighted by atomic mass is 15.0. The van der Waals surface area contributed by atoms with Gasteiger partial charge in [-0.05, 0) is 86.0 Å². The SMILES string of the molecule is c1ccc(-c2cc(-c3ccc(-c4cccc(-c5cccc(-c6cccc(-c7ccc(-c8nc(-c9ccccc9)nc(-c9ccccc9)n8)cc7)c6)c5)c4)cc3)cc(-c3ccccc3)n2)cc1. The van der Waals surface area contributed by atoms with Crippen LogP contribution in [0.4, 0.5) is 0 Å². The van der Waals surface area contributed by atoms with Crippen LogP contribution in [0.5, 0.6) is 0 Å². The lowest BCUT2D eigenvalue weighted by molar-refractivity contribution is 1.07. The third kappa shape index (κ3) is 8.59. The molecule has 11 aromatic rings. The maximum Gasteiger partial charge on any atom is 0.164 e. The van der Waals surface area contributed by atoms with Gasteiger partial charge >= 0.3 is 0 Å². The van der Waals surface area contributed by atoms with Gasteiger partial charge in [0, 0.05) is 27.8 Å². The molecule has 0 aliphatic rings. The Labute approximate surface area is 385 Å². The summed E-state index contributed by atoms with van der Waals surface area (Å²) in [6, 6.07) is 89.1. The Morgan fingerprint density at radius 1 is 0.152 bits per heavy atom. The van der Waals surface area contributed by atoms with E-state index in [2.05, 4.69) is 182 Å². The summed E-state index contributed by atoms with van der Waals surface area (Å²) in [5.41, 5.74) is 18.5. The van der Waals surface area contributed by atoms with Crippen LogP contribution in [0.25, 0.3) is 112 Å². The molecular weight excluding hydrogens is 801 g/mol. The number of hydrogen-bond donors (Lipinski definition) is 0. The molecule has 0 unspecified atom stereocenters. The summed E-state index contributed by atoms with van der Waals surface area (Å²) < 4.78 is 0. The average molecular weight is 843 g/mol. The van der Waals surface area contributed by atoms with Gasteiger partial charge in [-0.15, -0.1) is 0 Å². The van der Waals surface area contributed by atoms with Crippen LogP contribution < -0.4 is 0 Å². The average Bonchev–Trinajstić information content (AvgIpc) is 3.42. The molecule has 9 aromatic carbocycles. The molecule has 0 N–H and O–H groups in total. The van der Waals surface area contributed by atoms with Crippen LogP contribution in [0.1, 0.15) is 0 Å². The fourth-order valence-corrected chi connectivity index (χ4v) is 8.45. The second-order valence-electron chi connectivity index (χ2n) is 16.3. The van der Waals surface area contributed by atoms with Crippen LogP contribution in [-0.2, 0) is 0 Å². The van der Waals surface area contributed by atoms with E-state index in [-0.39, 0.29) is 0 Å². The van der Waals surface area contributed by atoms with E-state index in [1.807, 2.05) is 72.8 Å². The van der Waals surface area contributed by atoms with Crippen LogP contribution >= 0.6 is 0 Å². The molecule has 2 heterocycles. The van der Waals surface area contributed by atoms with Gasteiger partial charge in [0.05, 0.1) is 11.4 Å². The van der Waals surface area contributed by atoms with Crippen molar-refractivity contribution in [3.8, 4) is 112 Å². The predicted molar refractivity (Wildman–Crippen MR) is 272 cm³/mol. The minimum absolute atomic E-state index is 0.640. The highest BCUT2D eigenvalue weighted by molar-refractivity contribution is 5.82. The molecule has 0 saturated carbocycles. The fraction of sp³-hybridized carbons (Fsp3) is 0. The van der Waals surface area contributed by atoms with Crippen molar-refractivity contribution in [3.63, 3.8) is 0 Å². The van der Waals surface area contributed by atoms with Crippen molar-refractivity contribution in [1.82, 2.24) is 19.9 Å². The lowest BCUT2D eigenvalue weighted by atomic mass is 9.94. The molecule has 0 aliphatic carbocycles. The summed E-state index contributed by atoms with van der Waals surface area (Å²) in [6.07, 6.45) is 0. The molecule has 0 aliphatic heterocycles. The Hall–Kier alpha value is -8.86. The molecule has 0 bridgehead atoms. The summed E-state index contributed by atoms with van der Waals surface area (Å²) >= 11 is 0.